The summed E-state index contributed by atoms with van der Waals surface area (Å²) < 4.78 is 0. The minimum Gasteiger partial charge on any atom is -0.508 e. The fraction of sp³-hybridized carbons (Fsp3) is 0.250. The molecule has 0 spiro atoms. The van der Waals surface area contributed by atoms with Gasteiger partial charge in [-0.05, 0) is 17.7 Å². The largest absolute Gasteiger partial charge is 0.508 e. The van der Waals surface area contributed by atoms with Crippen LogP contribution in [0.25, 0.3) is 0 Å². The van der Waals surface area contributed by atoms with Crippen molar-refractivity contribution in [1.29, 1.82) is 0 Å². The van der Waals surface area contributed by atoms with Gasteiger partial charge in [0.25, 0.3) is 0 Å². The summed E-state index contributed by atoms with van der Waals surface area (Å²) in [7, 11) is 0. The summed E-state index contributed by atoms with van der Waals surface area (Å²) in [5.74, 6) is -1.20. The second-order valence-electron chi connectivity index (χ2n) is 4.28. The second kappa shape index (κ2) is 3.92. The van der Waals surface area contributed by atoms with E-state index in [1.54, 1.807) is 12.1 Å². The first-order chi connectivity index (χ1) is 8.49. The number of carbonyl (C=O) groups is 3. The lowest BCUT2D eigenvalue weighted by Gasteiger charge is -2.11. The predicted molar refractivity (Wildman–Crippen MR) is 60.2 cm³/mol. The number of aliphatic carboxylic acids is 1. The molecule has 0 bridgehead atoms. The molecule has 0 unspecified atom stereocenters. The lowest BCUT2D eigenvalue weighted by molar-refractivity contribution is -0.141. The Kier molecular flexibility index (Phi) is 2.67. The van der Waals surface area contributed by atoms with Gasteiger partial charge in [0.1, 0.15) is 18.3 Å². The zero-order chi connectivity index (χ0) is 13.4. The summed E-state index contributed by atoms with van der Waals surface area (Å²) in [6.07, 6.45) is 0.614. The first-order valence-corrected chi connectivity index (χ1v) is 5.23. The van der Waals surface area contributed by atoms with E-state index in [2.05, 4.69) is 5.32 Å². The Morgan fingerprint density at radius 2 is 1.78 bits per heavy atom. The van der Waals surface area contributed by atoms with Crippen LogP contribution in [0.1, 0.15) is 5.56 Å². The molecule has 1 heterocycles. The Morgan fingerprint density at radius 3 is 2.17 bits per heavy atom. The number of aromatic hydroxyl groups is 1. The number of benzene rings is 1. The van der Waals surface area contributed by atoms with Crippen LogP contribution in [0.3, 0.4) is 0 Å². The summed E-state index contributed by atoms with van der Waals surface area (Å²) in [6, 6.07) is 5.91. The van der Waals surface area contributed by atoms with Gasteiger partial charge < -0.3 is 19.8 Å². The Balaban J connectivity index is 2.30. The Labute approximate surface area is 102 Å². The molecule has 1 aromatic rings. The van der Waals surface area contributed by atoms with Crippen molar-refractivity contribution in [2.75, 3.05) is 0 Å². The molecule has 1 aliphatic rings. The maximum absolute atomic E-state index is 11.3. The third-order valence-electron chi connectivity index (χ3n) is 3.21. The highest BCUT2D eigenvalue weighted by atomic mass is 16.4. The molecule has 0 aromatic heterocycles. The third kappa shape index (κ3) is 1.58. The molecule has 1 aliphatic heterocycles. The monoisotopic (exact) mass is 249 g/mol. The quantitative estimate of drug-likeness (QED) is 0.368. The fourth-order valence-electron chi connectivity index (χ4n) is 2.03. The molecule has 1 saturated heterocycles. The Hall–Kier alpha value is -2.21. The van der Waals surface area contributed by atoms with Crippen molar-refractivity contribution in [2.24, 2.45) is 0 Å². The number of carboxylic acid groups (broad SMARTS) is 1. The lowest BCUT2D eigenvalue weighted by atomic mass is 9.88. The number of carboxylic acids is 1. The highest BCUT2D eigenvalue weighted by Crippen LogP contribution is 2.39. The van der Waals surface area contributed by atoms with Crippen LogP contribution in [-0.2, 0) is 20.8 Å². The van der Waals surface area contributed by atoms with E-state index >= 15 is 0 Å². The lowest BCUT2D eigenvalue weighted by Crippen LogP contribution is -2.38. The summed E-state index contributed by atoms with van der Waals surface area (Å²) >= 11 is 0. The maximum atomic E-state index is 11.3. The minimum absolute atomic E-state index is 0.0138. The SMILES string of the molecule is O=CC1(C=O)N[C@@]1(Cc1ccc(O)cc1)C(=O)O. The molecular weight excluding hydrogens is 238 g/mol. The Morgan fingerprint density at radius 1 is 1.22 bits per heavy atom. The molecule has 94 valence electrons. The van der Waals surface area contributed by atoms with E-state index in [1.807, 2.05) is 0 Å². The van der Waals surface area contributed by atoms with Crippen LogP contribution in [0.5, 0.6) is 5.75 Å². The van der Waals surface area contributed by atoms with Gasteiger partial charge >= 0.3 is 5.97 Å². The average molecular weight is 249 g/mol. The fourth-order valence-corrected chi connectivity index (χ4v) is 2.03. The number of nitrogens with one attached hydrogen (secondary N) is 1. The summed E-state index contributed by atoms with van der Waals surface area (Å²) in [5.41, 5.74) is -2.64. The summed E-state index contributed by atoms with van der Waals surface area (Å²) in [5, 5.41) is 20.8. The Bertz CT molecular complexity index is 502. The molecule has 0 saturated carbocycles. The predicted octanol–water partition coefficient (Wildman–Crippen LogP) is -0.502. The van der Waals surface area contributed by atoms with Crippen molar-refractivity contribution in [2.45, 2.75) is 17.5 Å². The first kappa shape index (κ1) is 12.3. The molecule has 18 heavy (non-hydrogen) atoms. The van der Waals surface area contributed by atoms with Crippen LogP contribution < -0.4 is 5.32 Å². The number of hydrogen-bond donors (Lipinski definition) is 3. The van der Waals surface area contributed by atoms with Crippen molar-refractivity contribution < 1.29 is 24.6 Å². The highest BCUT2D eigenvalue weighted by Gasteiger charge is 2.73. The van der Waals surface area contributed by atoms with E-state index in [-0.39, 0.29) is 12.2 Å². The molecule has 1 fully saturated rings. The molecule has 0 amide bonds. The van der Waals surface area contributed by atoms with E-state index in [9.17, 15) is 19.5 Å². The number of phenols is 1. The van der Waals surface area contributed by atoms with Crippen molar-refractivity contribution in [3.05, 3.63) is 29.8 Å². The molecule has 1 aromatic carbocycles. The van der Waals surface area contributed by atoms with Crippen molar-refractivity contribution in [3.8, 4) is 5.75 Å². The molecule has 3 N–H and O–H groups in total. The average Bonchev–Trinajstić information content (AvgIpc) is 3.02. The van der Waals surface area contributed by atoms with Crippen LogP contribution in [-0.4, -0.2) is 39.8 Å². The van der Waals surface area contributed by atoms with Gasteiger partial charge in [-0.25, -0.2) is 0 Å². The van der Waals surface area contributed by atoms with Gasteiger partial charge in [-0.1, -0.05) is 12.1 Å². The molecule has 0 aliphatic carbocycles. The zero-order valence-corrected chi connectivity index (χ0v) is 9.29. The molecular formula is C12H11NO5. The maximum Gasteiger partial charge on any atom is 0.327 e. The van der Waals surface area contributed by atoms with E-state index < -0.39 is 17.0 Å². The summed E-state index contributed by atoms with van der Waals surface area (Å²) in [6.45, 7) is 0. The van der Waals surface area contributed by atoms with Gasteiger partial charge in [0.2, 0.25) is 0 Å². The first-order valence-electron chi connectivity index (χ1n) is 5.23. The van der Waals surface area contributed by atoms with Gasteiger partial charge in [-0.3, -0.25) is 10.1 Å². The molecule has 6 nitrogen and oxygen atoms in total. The molecule has 1 atom stereocenters. The van der Waals surface area contributed by atoms with Gasteiger partial charge in [-0.15, -0.1) is 0 Å². The van der Waals surface area contributed by atoms with Crippen LogP contribution in [0.15, 0.2) is 24.3 Å². The summed E-state index contributed by atoms with van der Waals surface area (Å²) in [4.78, 5) is 33.0. The van der Waals surface area contributed by atoms with E-state index in [1.165, 1.54) is 12.1 Å². The van der Waals surface area contributed by atoms with Gasteiger partial charge in [-0.2, -0.15) is 0 Å². The van der Waals surface area contributed by atoms with Crippen molar-refractivity contribution >= 4 is 18.5 Å². The van der Waals surface area contributed by atoms with E-state index in [0.29, 0.717) is 18.1 Å². The van der Waals surface area contributed by atoms with Gasteiger partial charge in [0, 0.05) is 6.42 Å². The topological polar surface area (TPSA) is 114 Å². The number of phenolic OH excluding ortho intramolecular Hbond substituents is 1. The number of aldehydes is 2. The normalized spacial score (nSPS) is 24.2. The minimum atomic E-state index is -1.66. The molecule has 6 heteroatoms. The van der Waals surface area contributed by atoms with Crippen LogP contribution in [0, 0.1) is 0 Å². The van der Waals surface area contributed by atoms with Crippen LogP contribution >= 0.6 is 0 Å². The number of hydrogen-bond acceptors (Lipinski definition) is 5. The number of carbonyl (C=O) groups excluding carboxylic acids is 2. The molecule has 2 rings (SSSR count). The standard InChI is InChI=1S/C12H11NO5/c14-6-11(7-15)12(13-11,10(17)18)5-8-1-3-9(16)4-2-8/h1-4,6-7,13,16H,5H2,(H,17,18)/t12-/m0/s1. The van der Waals surface area contributed by atoms with Crippen molar-refractivity contribution in [3.63, 3.8) is 0 Å². The molecule has 0 radical (unpaired) electrons. The van der Waals surface area contributed by atoms with Gasteiger partial charge in [0.05, 0.1) is 0 Å². The van der Waals surface area contributed by atoms with Crippen LogP contribution in [0.4, 0.5) is 0 Å². The number of rotatable bonds is 5. The van der Waals surface area contributed by atoms with Gasteiger partial charge in [0.15, 0.2) is 11.1 Å². The zero-order valence-electron chi connectivity index (χ0n) is 9.29. The van der Waals surface area contributed by atoms with Crippen molar-refractivity contribution in [1.82, 2.24) is 5.32 Å². The smallest absolute Gasteiger partial charge is 0.327 e. The highest BCUT2D eigenvalue weighted by molar-refractivity contribution is 6.08. The third-order valence-corrected chi connectivity index (χ3v) is 3.21. The van der Waals surface area contributed by atoms with E-state index in [4.69, 9.17) is 5.11 Å². The van der Waals surface area contributed by atoms with Crippen LogP contribution in [0.2, 0.25) is 0 Å². The second-order valence-corrected chi connectivity index (χ2v) is 4.28. The van der Waals surface area contributed by atoms with E-state index in [0.717, 1.165) is 0 Å².